The molecule has 1 saturated heterocycles. The lowest BCUT2D eigenvalue weighted by molar-refractivity contribution is -0.133. The second-order valence-electron chi connectivity index (χ2n) is 7.63. The van der Waals surface area contributed by atoms with E-state index in [-0.39, 0.29) is 24.4 Å². The Hall–Kier alpha value is -3.25. The highest BCUT2D eigenvalue weighted by Crippen LogP contribution is 2.51. The lowest BCUT2D eigenvalue weighted by atomic mass is 9.98. The molecule has 2 amide bonds. The van der Waals surface area contributed by atoms with Crippen molar-refractivity contribution in [2.45, 2.75) is 19.5 Å². The molecular formula is C23H20ClN3O3. The summed E-state index contributed by atoms with van der Waals surface area (Å²) in [5.41, 5.74) is 3.93. The predicted octanol–water partition coefficient (Wildman–Crippen LogP) is 3.89. The molecule has 0 bridgehead atoms. The SMILES string of the molecule is C=CC(=O)N1CC(NC(=O)Cn2c(C)c3c4c(c(Cl)ccc42)Oc2ccccc2-3)C1. The third-order valence-corrected chi connectivity index (χ3v) is 6.10. The maximum atomic E-state index is 12.8. The van der Waals surface area contributed by atoms with E-state index in [9.17, 15) is 9.59 Å². The number of nitrogens with one attached hydrogen (secondary N) is 1. The van der Waals surface area contributed by atoms with E-state index in [1.165, 1.54) is 6.08 Å². The summed E-state index contributed by atoms with van der Waals surface area (Å²) in [4.78, 5) is 26.0. The lowest BCUT2D eigenvalue weighted by Crippen LogP contribution is -2.61. The predicted molar refractivity (Wildman–Crippen MR) is 116 cm³/mol. The Morgan fingerprint density at radius 2 is 2.03 bits per heavy atom. The number of carbonyl (C=O) groups is 2. The quantitative estimate of drug-likeness (QED) is 0.508. The van der Waals surface area contributed by atoms with Gasteiger partial charge in [-0.2, -0.15) is 0 Å². The largest absolute Gasteiger partial charge is 0.454 e. The number of amides is 2. The first-order valence-electron chi connectivity index (χ1n) is 9.77. The van der Waals surface area contributed by atoms with Crippen LogP contribution < -0.4 is 10.1 Å². The smallest absolute Gasteiger partial charge is 0.246 e. The van der Waals surface area contributed by atoms with Crippen LogP contribution >= 0.6 is 11.6 Å². The molecule has 5 rings (SSSR count). The molecule has 30 heavy (non-hydrogen) atoms. The third-order valence-electron chi connectivity index (χ3n) is 5.80. The van der Waals surface area contributed by atoms with Crippen molar-refractivity contribution < 1.29 is 14.3 Å². The summed E-state index contributed by atoms with van der Waals surface area (Å²) in [6.45, 7) is 6.69. The highest BCUT2D eigenvalue weighted by molar-refractivity contribution is 6.34. The number of para-hydroxylation sites is 1. The molecule has 0 radical (unpaired) electrons. The monoisotopic (exact) mass is 421 g/mol. The van der Waals surface area contributed by atoms with Gasteiger partial charge in [0.1, 0.15) is 12.3 Å². The van der Waals surface area contributed by atoms with Gasteiger partial charge in [-0.05, 0) is 31.2 Å². The van der Waals surface area contributed by atoms with Gasteiger partial charge in [0.15, 0.2) is 5.75 Å². The van der Waals surface area contributed by atoms with Crippen LogP contribution in [0.3, 0.4) is 0 Å². The fourth-order valence-electron chi connectivity index (χ4n) is 4.31. The summed E-state index contributed by atoms with van der Waals surface area (Å²) < 4.78 is 8.09. The van der Waals surface area contributed by atoms with Crippen LogP contribution in [0.15, 0.2) is 49.1 Å². The molecule has 2 aromatic carbocycles. The molecule has 0 unspecified atom stereocenters. The summed E-state index contributed by atoms with van der Waals surface area (Å²) >= 11 is 6.44. The van der Waals surface area contributed by atoms with Gasteiger partial charge in [-0.1, -0.05) is 36.4 Å². The van der Waals surface area contributed by atoms with Crippen LogP contribution in [0.4, 0.5) is 0 Å². The Morgan fingerprint density at radius 3 is 2.80 bits per heavy atom. The number of ether oxygens (including phenoxy) is 1. The van der Waals surface area contributed by atoms with Crippen LogP contribution in [0.1, 0.15) is 5.69 Å². The van der Waals surface area contributed by atoms with E-state index in [0.717, 1.165) is 33.5 Å². The molecule has 7 heteroatoms. The van der Waals surface area contributed by atoms with E-state index >= 15 is 0 Å². The van der Waals surface area contributed by atoms with E-state index in [2.05, 4.69) is 11.9 Å². The van der Waals surface area contributed by atoms with Crippen molar-refractivity contribution >= 4 is 34.3 Å². The molecule has 3 aromatic rings. The molecule has 152 valence electrons. The molecule has 6 nitrogen and oxygen atoms in total. The fourth-order valence-corrected chi connectivity index (χ4v) is 4.51. The molecule has 0 aliphatic carbocycles. The topological polar surface area (TPSA) is 63.6 Å². The molecule has 2 aliphatic rings. The molecular weight excluding hydrogens is 402 g/mol. The maximum absolute atomic E-state index is 12.8. The number of aromatic nitrogens is 1. The first-order valence-corrected chi connectivity index (χ1v) is 10.1. The number of fused-ring (bicyclic) bond motifs is 2. The van der Waals surface area contributed by atoms with Crippen molar-refractivity contribution in [2.24, 2.45) is 0 Å². The molecule has 2 aliphatic heterocycles. The van der Waals surface area contributed by atoms with E-state index in [4.69, 9.17) is 16.3 Å². The highest BCUT2D eigenvalue weighted by atomic mass is 35.5. The Morgan fingerprint density at radius 1 is 1.27 bits per heavy atom. The molecule has 1 N–H and O–H groups in total. The average Bonchev–Trinajstić information content (AvgIpc) is 2.99. The van der Waals surface area contributed by atoms with Gasteiger partial charge in [0.25, 0.3) is 0 Å². The first kappa shape index (κ1) is 18.8. The number of hydrogen-bond acceptors (Lipinski definition) is 3. The zero-order chi connectivity index (χ0) is 21.0. The molecule has 0 atom stereocenters. The average molecular weight is 422 g/mol. The maximum Gasteiger partial charge on any atom is 0.246 e. The number of halogens is 1. The zero-order valence-corrected chi connectivity index (χ0v) is 17.2. The number of hydrogen-bond donors (Lipinski definition) is 1. The number of likely N-dealkylation sites (tertiary alicyclic amines) is 1. The van der Waals surface area contributed by atoms with Crippen LogP contribution in [0.5, 0.6) is 11.5 Å². The molecule has 3 heterocycles. The number of nitrogens with zero attached hydrogens (tertiary/aromatic N) is 2. The van der Waals surface area contributed by atoms with E-state index in [1.807, 2.05) is 41.8 Å². The zero-order valence-electron chi connectivity index (χ0n) is 16.4. The van der Waals surface area contributed by atoms with Gasteiger partial charge in [-0.15, -0.1) is 0 Å². The van der Waals surface area contributed by atoms with Crippen LogP contribution in [0, 0.1) is 6.92 Å². The van der Waals surface area contributed by atoms with Crippen molar-refractivity contribution in [3.8, 4) is 22.6 Å². The van der Waals surface area contributed by atoms with E-state index < -0.39 is 0 Å². The van der Waals surface area contributed by atoms with Gasteiger partial charge in [0.05, 0.1) is 22.0 Å². The van der Waals surface area contributed by atoms with Crippen LogP contribution in [-0.2, 0) is 16.1 Å². The van der Waals surface area contributed by atoms with Crippen LogP contribution in [0.2, 0.25) is 5.02 Å². The summed E-state index contributed by atoms with van der Waals surface area (Å²) in [7, 11) is 0. The standard InChI is InChI=1S/C23H20ClN3O3/c1-3-20(29)26-10-14(11-26)25-19(28)12-27-13(2)21-15-6-4-5-7-18(15)30-23-16(24)8-9-17(27)22(21)23/h3-9,14H,1,10-12H2,2H3,(H,25,28). The lowest BCUT2D eigenvalue weighted by Gasteiger charge is -2.38. The van der Waals surface area contributed by atoms with E-state index in [0.29, 0.717) is 23.9 Å². The number of rotatable bonds is 4. The molecule has 0 saturated carbocycles. The highest BCUT2D eigenvalue weighted by Gasteiger charge is 2.31. The summed E-state index contributed by atoms with van der Waals surface area (Å²) in [6.07, 6.45) is 1.29. The Labute approximate surface area is 178 Å². The van der Waals surface area contributed by atoms with Crippen LogP contribution in [0.25, 0.3) is 22.0 Å². The molecule has 1 fully saturated rings. The van der Waals surface area contributed by atoms with Crippen molar-refractivity contribution in [1.82, 2.24) is 14.8 Å². The van der Waals surface area contributed by atoms with E-state index in [1.54, 1.807) is 11.0 Å². The summed E-state index contributed by atoms with van der Waals surface area (Å²) in [5.74, 6) is 1.18. The van der Waals surface area contributed by atoms with Gasteiger partial charge in [0.2, 0.25) is 11.8 Å². The van der Waals surface area contributed by atoms with Gasteiger partial charge in [-0.3, -0.25) is 9.59 Å². The summed E-state index contributed by atoms with van der Waals surface area (Å²) in [6, 6.07) is 11.5. The van der Waals surface area contributed by atoms with Gasteiger partial charge in [0, 0.05) is 29.9 Å². The number of carbonyl (C=O) groups excluding carboxylic acids is 2. The van der Waals surface area contributed by atoms with Gasteiger partial charge < -0.3 is 19.5 Å². The van der Waals surface area contributed by atoms with Crippen molar-refractivity contribution in [3.05, 3.63) is 59.8 Å². The minimum atomic E-state index is -0.112. The Bertz CT molecular complexity index is 1220. The summed E-state index contributed by atoms with van der Waals surface area (Å²) in [5, 5.41) is 4.48. The molecule has 0 spiro atoms. The second-order valence-corrected chi connectivity index (χ2v) is 8.03. The Balaban J connectivity index is 1.47. The third kappa shape index (κ3) is 2.79. The Kier molecular flexibility index (Phi) is 4.33. The van der Waals surface area contributed by atoms with Crippen LogP contribution in [-0.4, -0.2) is 40.4 Å². The van der Waals surface area contributed by atoms with Crippen molar-refractivity contribution in [1.29, 1.82) is 0 Å². The second kappa shape index (κ2) is 6.92. The fraction of sp³-hybridized carbons (Fsp3) is 0.217. The molecule has 1 aromatic heterocycles. The van der Waals surface area contributed by atoms with Gasteiger partial charge in [-0.25, -0.2) is 0 Å². The minimum Gasteiger partial charge on any atom is -0.454 e. The van der Waals surface area contributed by atoms with Crippen molar-refractivity contribution in [3.63, 3.8) is 0 Å². The number of benzene rings is 2. The van der Waals surface area contributed by atoms with Gasteiger partial charge >= 0.3 is 0 Å². The first-order chi connectivity index (χ1) is 14.5. The minimum absolute atomic E-state index is 0.0345. The van der Waals surface area contributed by atoms with Crippen molar-refractivity contribution in [2.75, 3.05) is 13.1 Å². The normalized spacial score (nSPS) is 14.7.